The Labute approximate surface area is 133 Å². The average Bonchev–Trinajstić information content (AvgIpc) is 2.43. The SMILES string of the molecule is CN(Cc1ccc(CN)cc1Cl)Cc1ccccc1Br. The Morgan fingerprint density at radius 2 is 1.80 bits per heavy atom. The van der Waals surface area contributed by atoms with Crippen LogP contribution in [0, 0.1) is 0 Å². The lowest BCUT2D eigenvalue weighted by atomic mass is 10.1. The van der Waals surface area contributed by atoms with Crippen molar-refractivity contribution in [3.8, 4) is 0 Å². The first-order valence-electron chi connectivity index (χ1n) is 6.49. The van der Waals surface area contributed by atoms with Crippen molar-refractivity contribution in [2.45, 2.75) is 19.6 Å². The zero-order valence-corrected chi connectivity index (χ0v) is 13.8. The number of rotatable bonds is 5. The molecule has 106 valence electrons. The lowest BCUT2D eigenvalue weighted by molar-refractivity contribution is 0.318. The molecule has 0 atom stereocenters. The molecule has 0 unspecified atom stereocenters. The molecule has 2 nitrogen and oxygen atoms in total. The van der Waals surface area contributed by atoms with Crippen LogP contribution in [0.15, 0.2) is 46.9 Å². The van der Waals surface area contributed by atoms with Gasteiger partial charge in [0.15, 0.2) is 0 Å². The molecule has 0 bridgehead atoms. The summed E-state index contributed by atoms with van der Waals surface area (Å²) in [5.41, 5.74) is 9.07. The minimum absolute atomic E-state index is 0.521. The Balaban J connectivity index is 2.05. The Bertz CT molecular complexity index is 586. The standard InChI is InChI=1S/C16H18BrClN2/c1-20(10-13-4-2-3-5-15(13)17)11-14-7-6-12(9-19)8-16(14)18/h2-8H,9-11,19H2,1H3. The third kappa shape index (κ3) is 4.06. The van der Waals surface area contributed by atoms with Crippen LogP contribution in [0.2, 0.25) is 5.02 Å². The van der Waals surface area contributed by atoms with Crippen molar-refractivity contribution < 1.29 is 0 Å². The summed E-state index contributed by atoms with van der Waals surface area (Å²) < 4.78 is 1.14. The normalized spacial score (nSPS) is 11.1. The van der Waals surface area contributed by atoms with Gasteiger partial charge in [-0.2, -0.15) is 0 Å². The number of nitrogens with two attached hydrogens (primary N) is 1. The van der Waals surface area contributed by atoms with E-state index in [4.69, 9.17) is 17.3 Å². The second-order valence-corrected chi connectivity index (χ2v) is 6.16. The van der Waals surface area contributed by atoms with E-state index in [0.29, 0.717) is 6.54 Å². The number of benzene rings is 2. The molecule has 0 aromatic heterocycles. The Morgan fingerprint density at radius 3 is 2.45 bits per heavy atom. The quantitative estimate of drug-likeness (QED) is 0.873. The summed E-state index contributed by atoms with van der Waals surface area (Å²) >= 11 is 9.87. The molecule has 0 aliphatic heterocycles. The van der Waals surface area contributed by atoms with Gasteiger partial charge in [0, 0.05) is 29.1 Å². The largest absolute Gasteiger partial charge is 0.326 e. The van der Waals surface area contributed by atoms with Gasteiger partial charge in [0.05, 0.1) is 0 Å². The second kappa shape index (κ2) is 7.23. The van der Waals surface area contributed by atoms with E-state index in [2.05, 4.69) is 52.1 Å². The lowest BCUT2D eigenvalue weighted by Crippen LogP contribution is -2.17. The maximum Gasteiger partial charge on any atom is 0.0454 e. The summed E-state index contributed by atoms with van der Waals surface area (Å²) in [6, 6.07) is 14.3. The summed E-state index contributed by atoms with van der Waals surface area (Å²) in [6.45, 7) is 2.20. The highest BCUT2D eigenvalue weighted by Gasteiger charge is 2.07. The van der Waals surface area contributed by atoms with Crippen LogP contribution in [-0.4, -0.2) is 11.9 Å². The van der Waals surface area contributed by atoms with Gasteiger partial charge in [-0.1, -0.05) is 57.9 Å². The van der Waals surface area contributed by atoms with Gasteiger partial charge in [0.25, 0.3) is 0 Å². The van der Waals surface area contributed by atoms with Crippen LogP contribution in [0.3, 0.4) is 0 Å². The zero-order valence-electron chi connectivity index (χ0n) is 11.4. The van der Waals surface area contributed by atoms with E-state index in [-0.39, 0.29) is 0 Å². The van der Waals surface area contributed by atoms with Crippen LogP contribution < -0.4 is 5.73 Å². The van der Waals surface area contributed by atoms with Gasteiger partial charge in [0.1, 0.15) is 0 Å². The fraction of sp³-hybridized carbons (Fsp3) is 0.250. The van der Waals surface area contributed by atoms with Crippen molar-refractivity contribution in [3.05, 3.63) is 68.7 Å². The molecule has 2 N–H and O–H groups in total. The van der Waals surface area contributed by atoms with Crippen LogP contribution in [0.25, 0.3) is 0 Å². The van der Waals surface area contributed by atoms with Gasteiger partial charge in [0.2, 0.25) is 0 Å². The average molecular weight is 354 g/mol. The zero-order chi connectivity index (χ0) is 14.5. The summed E-state index contributed by atoms with van der Waals surface area (Å²) in [7, 11) is 2.09. The highest BCUT2D eigenvalue weighted by atomic mass is 79.9. The Hall–Kier alpha value is -0.870. The molecule has 0 radical (unpaired) electrons. The molecule has 0 heterocycles. The van der Waals surface area contributed by atoms with Crippen molar-refractivity contribution in [1.29, 1.82) is 0 Å². The molecule has 2 rings (SSSR count). The molecule has 0 spiro atoms. The van der Waals surface area contributed by atoms with Crippen molar-refractivity contribution in [2.24, 2.45) is 5.73 Å². The van der Waals surface area contributed by atoms with Crippen LogP contribution in [0.4, 0.5) is 0 Å². The van der Waals surface area contributed by atoms with E-state index in [1.54, 1.807) is 0 Å². The van der Waals surface area contributed by atoms with E-state index >= 15 is 0 Å². The molecule has 0 saturated heterocycles. The molecular formula is C16H18BrClN2. The van der Waals surface area contributed by atoms with Crippen molar-refractivity contribution >= 4 is 27.5 Å². The molecule has 0 saturated carbocycles. The number of hydrogen-bond donors (Lipinski definition) is 1. The van der Waals surface area contributed by atoms with Gasteiger partial charge < -0.3 is 5.73 Å². The highest BCUT2D eigenvalue weighted by molar-refractivity contribution is 9.10. The van der Waals surface area contributed by atoms with Crippen LogP contribution in [0.5, 0.6) is 0 Å². The van der Waals surface area contributed by atoms with Gasteiger partial charge in [-0.05, 0) is 35.9 Å². The molecular weight excluding hydrogens is 336 g/mol. The van der Waals surface area contributed by atoms with Crippen LogP contribution in [-0.2, 0) is 19.6 Å². The van der Waals surface area contributed by atoms with E-state index in [0.717, 1.165) is 33.7 Å². The summed E-state index contributed by atoms with van der Waals surface area (Å²) in [4.78, 5) is 2.24. The van der Waals surface area contributed by atoms with Crippen LogP contribution >= 0.6 is 27.5 Å². The molecule has 2 aromatic rings. The fourth-order valence-corrected chi connectivity index (χ4v) is 2.78. The second-order valence-electron chi connectivity index (χ2n) is 4.89. The first-order valence-corrected chi connectivity index (χ1v) is 7.66. The molecule has 0 fully saturated rings. The Morgan fingerprint density at radius 1 is 1.10 bits per heavy atom. The molecule has 0 amide bonds. The first kappa shape index (κ1) is 15.5. The lowest BCUT2D eigenvalue weighted by Gasteiger charge is -2.18. The highest BCUT2D eigenvalue weighted by Crippen LogP contribution is 2.22. The van der Waals surface area contributed by atoms with E-state index in [1.165, 1.54) is 5.56 Å². The summed E-state index contributed by atoms with van der Waals surface area (Å²) in [5, 5.41) is 0.784. The van der Waals surface area contributed by atoms with Gasteiger partial charge in [-0.3, -0.25) is 4.90 Å². The van der Waals surface area contributed by atoms with Crippen molar-refractivity contribution in [3.63, 3.8) is 0 Å². The number of halogens is 2. The number of hydrogen-bond acceptors (Lipinski definition) is 2. The maximum absolute atomic E-state index is 6.30. The molecule has 20 heavy (non-hydrogen) atoms. The molecule has 0 aliphatic carbocycles. The monoisotopic (exact) mass is 352 g/mol. The topological polar surface area (TPSA) is 29.3 Å². The van der Waals surface area contributed by atoms with Gasteiger partial charge in [-0.25, -0.2) is 0 Å². The van der Waals surface area contributed by atoms with Gasteiger partial charge in [-0.15, -0.1) is 0 Å². The Kier molecular flexibility index (Phi) is 5.61. The smallest absolute Gasteiger partial charge is 0.0454 e. The number of nitrogens with zero attached hydrogens (tertiary/aromatic N) is 1. The maximum atomic E-state index is 6.30. The first-order chi connectivity index (χ1) is 9.60. The molecule has 4 heteroatoms. The third-order valence-electron chi connectivity index (χ3n) is 3.19. The molecule has 2 aromatic carbocycles. The summed E-state index contributed by atoms with van der Waals surface area (Å²) in [6.07, 6.45) is 0. The fourth-order valence-electron chi connectivity index (χ4n) is 2.11. The van der Waals surface area contributed by atoms with Crippen molar-refractivity contribution in [1.82, 2.24) is 4.90 Å². The van der Waals surface area contributed by atoms with Crippen molar-refractivity contribution in [2.75, 3.05) is 7.05 Å². The van der Waals surface area contributed by atoms with Crippen LogP contribution in [0.1, 0.15) is 16.7 Å². The minimum Gasteiger partial charge on any atom is -0.326 e. The van der Waals surface area contributed by atoms with E-state index in [1.807, 2.05) is 18.2 Å². The molecule has 0 aliphatic rings. The van der Waals surface area contributed by atoms with Gasteiger partial charge >= 0.3 is 0 Å². The minimum atomic E-state index is 0.521. The van der Waals surface area contributed by atoms with E-state index in [9.17, 15) is 0 Å². The predicted molar refractivity (Wildman–Crippen MR) is 88.7 cm³/mol. The predicted octanol–water partition coefficient (Wildman–Crippen LogP) is 4.19. The summed E-state index contributed by atoms with van der Waals surface area (Å²) in [5.74, 6) is 0. The van der Waals surface area contributed by atoms with E-state index < -0.39 is 0 Å². The third-order valence-corrected chi connectivity index (χ3v) is 4.32.